The van der Waals surface area contributed by atoms with Crippen molar-refractivity contribution >= 4 is 44.7 Å². The summed E-state index contributed by atoms with van der Waals surface area (Å²) < 4.78 is 49.6. The Morgan fingerprint density at radius 1 is 0.950 bits per heavy atom. The van der Waals surface area contributed by atoms with Gasteiger partial charge in [-0.25, -0.2) is 22.6 Å². The Kier molecular flexibility index (Phi) is 10.4. The summed E-state index contributed by atoms with van der Waals surface area (Å²) in [5, 5.41) is 9.85. The van der Waals surface area contributed by atoms with Gasteiger partial charge in [0.2, 0.25) is 21.8 Å². The number of urea groups is 1. The topological polar surface area (TPSA) is 176 Å². The van der Waals surface area contributed by atoms with Crippen LogP contribution in [0.25, 0.3) is 22.2 Å². The average molecular weight is 841 g/mol. The van der Waals surface area contributed by atoms with E-state index in [2.05, 4.69) is 20.7 Å². The fourth-order valence-electron chi connectivity index (χ4n) is 9.77. The molecule has 318 valence electrons. The van der Waals surface area contributed by atoms with Crippen LogP contribution in [0.3, 0.4) is 0 Å². The summed E-state index contributed by atoms with van der Waals surface area (Å²) in [7, 11) is -4.02. The van der Waals surface area contributed by atoms with Gasteiger partial charge in [0.15, 0.2) is 0 Å². The summed E-state index contributed by atoms with van der Waals surface area (Å²) in [6.45, 7) is 1.59. The molecule has 5 amide bonds. The van der Waals surface area contributed by atoms with Gasteiger partial charge in [0.1, 0.15) is 40.5 Å². The van der Waals surface area contributed by atoms with Crippen LogP contribution < -0.4 is 25.4 Å². The number of benzene rings is 2. The molecular formula is C45H53FN6O7S. The van der Waals surface area contributed by atoms with Crippen LogP contribution in [0.2, 0.25) is 0 Å². The second kappa shape index (κ2) is 15.4. The summed E-state index contributed by atoms with van der Waals surface area (Å²) in [5.41, 5.74) is -0.0573. The first kappa shape index (κ1) is 40.4. The number of rotatable bonds is 6. The molecule has 0 radical (unpaired) electrons. The lowest BCUT2D eigenvalue weighted by Gasteiger charge is -2.37. The summed E-state index contributed by atoms with van der Waals surface area (Å²) in [6, 6.07) is 11.3. The third kappa shape index (κ3) is 7.62. The molecule has 13 nitrogen and oxygen atoms in total. The molecule has 5 atom stereocenters. The summed E-state index contributed by atoms with van der Waals surface area (Å²) >= 11 is 0. The number of amides is 5. The highest BCUT2D eigenvalue weighted by atomic mass is 32.2. The standard InChI is InChI=1S/C45H53FN6O7S/c1-43(22-23-43)60(57,58)51-41(55)45-25-29(45)13-5-3-2-4-6-19-35(49-42(56)47-31-15-7-8-16-31)40(54)52-27-44(26-36(52)39(53)50-45)21-20-33-32-17-9-10-18-34(32)48-37(38(33)59-44)28-12-11-14-30(46)24-28/h5,9-14,17-18,24,29,31,35-36H,2-4,6-8,15-16,19-23,25-27H2,1H3,(H,50,53)(H,51,55)(H2,47,49,56)/b13-5-/t29-,35-,36-,44+,45+/m0/s1. The Morgan fingerprint density at radius 2 is 1.73 bits per heavy atom. The van der Waals surface area contributed by atoms with Crippen molar-refractivity contribution in [3.05, 3.63) is 72.1 Å². The molecule has 3 saturated carbocycles. The zero-order chi connectivity index (χ0) is 41.9. The number of hydrogen-bond donors (Lipinski definition) is 4. The minimum Gasteiger partial charge on any atom is -0.483 e. The largest absolute Gasteiger partial charge is 0.483 e. The fraction of sp³-hybridized carbons (Fsp3) is 0.533. The number of para-hydroxylation sites is 1. The molecule has 1 saturated heterocycles. The van der Waals surface area contributed by atoms with Crippen LogP contribution in [0.1, 0.15) is 102 Å². The lowest BCUT2D eigenvalue weighted by Crippen LogP contribution is -2.59. The van der Waals surface area contributed by atoms with Gasteiger partial charge in [0.05, 0.1) is 16.8 Å². The number of fused-ring (bicyclic) bond motifs is 5. The molecule has 1 spiro atoms. The van der Waals surface area contributed by atoms with Crippen molar-refractivity contribution in [1.82, 2.24) is 30.6 Å². The Bertz CT molecular complexity index is 2380. The molecule has 0 bridgehead atoms. The highest BCUT2D eigenvalue weighted by Gasteiger charge is 2.64. The number of allylic oxidation sites excluding steroid dienone is 1. The van der Waals surface area contributed by atoms with E-state index in [4.69, 9.17) is 9.72 Å². The molecule has 9 rings (SSSR count). The number of aryl methyl sites for hydroxylation is 1. The van der Waals surface area contributed by atoms with Crippen molar-refractivity contribution < 1.29 is 36.7 Å². The van der Waals surface area contributed by atoms with E-state index in [9.17, 15) is 32.0 Å². The van der Waals surface area contributed by atoms with Gasteiger partial charge in [0, 0.05) is 34.9 Å². The zero-order valence-electron chi connectivity index (χ0n) is 33.9. The molecule has 3 aliphatic heterocycles. The maximum Gasteiger partial charge on any atom is 0.315 e. The Morgan fingerprint density at radius 3 is 2.52 bits per heavy atom. The van der Waals surface area contributed by atoms with Gasteiger partial charge in [-0.2, -0.15) is 0 Å². The number of nitrogens with zero attached hydrogens (tertiary/aromatic N) is 2. The maximum absolute atomic E-state index is 15.0. The van der Waals surface area contributed by atoms with E-state index in [0.29, 0.717) is 62.0 Å². The normalized spacial score (nSPS) is 29.5. The van der Waals surface area contributed by atoms with Gasteiger partial charge in [0.25, 0.3) is 5.91 Å². The number of aromatic nitrogens is 1. The van der Waals surface area contributed by atoms with Gasteiger partial charge >= 0.3 is 6.03 Å². The SMILES string of the molecule is CC1(S(=O)(=O)NC(=O)[C@@]23C[C@@H]2/C=C\CCCCC[C@H](NC(=O)NC2CCCC2)C(=O)N2C[C@@]4(CCc5c(c(-c6cccc(F)c6)nc6ccccc56)O4)C[C@H]2C(=O)N3)CC1. The summed E-state index contributed by atoms with van der Waals surface area (Å²) in [4.78, 5) is 63.8. The molecule has 6 aliphatic rings. The summed E-state index contributed by atoms with van der Waals surface area (Å²) in [5.74, 6) is -2.27. The van der Waals surface area contributed by atoms with Gasteiger partial charge in [-0.1, -0.05) is 68.2 Å². The number of halogens is 1. The van der Waals surface area contributed by atoms with Crippen molar-refractivity contribution in [2.75, 3.05) is 6.54 Å². The van der Waals surface area contributed by atoms with Crippen LogP contribution in [-0.4, -0.2) is 82.6 Å². The molecular weight excluding hydrogens is 788 g/mol. The lowest BCUT2D eigenvalue weighted by atomic mass is 9.86. The number of nitrogens with one attached hydrogen (secondary N) is 4. The third-order valence-corrected chi connectivity index (χ3v) is 16.0. The minimum absolute atomic E-state index is 0.00351. The van der Waals surface area contributed by atoms with Crippen LogP contribution in [-0.2, 0) is 30.8 Å². The van der Waals surface area contributed by atoms with Crippen molar-refractivity contribution in [3.63, 3.8) is 0 Å². The van der Waals surface area contributed by atoms with E-state index in [0.717, 1.165) is 55.0 Å². The predicted molar refractivity (Wildman–Crippen MR) is 223 cm³/mol. The number of hydrogen-bond acceptors (Lipinski definition) is 8. The van der Waals surface area contributed by atoms with Crippen LogP contribution in [0.15, 0.2) is 60.7 Å². The van der Waals surface area contributed by atoms with E-state index in [1.165, 1.54) is 17.0 Å². The van der Waals surface area contributed by atoms with E-state index in [-0.39, 0.29) is 25.4 Å². The van der Waals surface area contributed by atoms with Gasteiger partial charge in [-0.05, 0) is 89.3 Å². The van der Waals surface area contributed by atoms with Crippen molar-refractivity contribution in [2.45, 2.75) is 137 Å². The van der Waals surface area contributed by atoms with E-state index in [1.807, 2.05) is 36.4 Å². The molecule has 0 unspecified atom stereocenters. The number of carbonyl (C=O) groups is 4. The monoisotopic (exact) mass is 840 g/mol. The van der Waals surface area contributed by atoms with Gasteiger partial charge < -0.3 is 25.6 Å². The molecule has 15 heteroatoms. The van der Waals surface area contributed by atoms with E-state index in [1.54, 1.807) is 19.1 Å². The molecule has 60 heavy (non-hydrogen) atoms. The van der Waals surface area contributed by atoms with Crippen LogP contribution >= 0.6 is 0 Å². The van der Waals surface area contributed by atoms with Crippen molar-refractivity contribution in [3.8, 4) is 17.0 Å². The number of pyridine rings is 1. The highest BCUT2D eigenvalue weighted by molar-refractivity contribution is 7.91. The maximum atomic E-state index is 15.0. The van der Waals surface area contributed by atoms with E-state index < -0.39 is 73.5 Å². The quantitative estimate of drug-likeness (QED) is 0.229. The van der Waals surface area contributed by atoms with Crippen molar-refractivity contribution in [1.29, 1.82) is 0 Å². The van der Waals surface area contributed by atoms with Crippen LogP contribution in [0, 0.1) is 11.7 Å². The van der Waals surface area contributed by atoms with Gasteiger partial charge in [-0.15, -0.1) is 0 Å². The first-order chi connectivity index (χ1) is 28.8. The summed E-state index contributed by atoms with van der Waals surface area (Å²) in [6.07, 6.45) is 13.0. The van der Waals surface area contributed by atoms with E-state index >= 15 is 0 Å². The molecule has 3 aliphatic carbocycles. The second-order valence-electron chi connectivity index (χ2n) is 18.1. The smallest absolute Gasteiger partial charge is 0.315 e. The molecule has 4 fully saturated rings. The van der Waals surface area contributed by atoms with Gasteiger partial charge in [-0.3, -0.25) is 19.1 Å². The molecule has 4 N–H and O–H groups in total. The Hall–Kier alpha value is -5.05. The Balaban J connectivity index is 1.08. The lowest BCUT2D eigenvalue weighted by molar-refractivity contribution is -0.141. The third-order valence-electron chi connectivity index (χ3n) is 13.8. The number of sulfonamides is 1. The average Bonchev–Trinajstić information content (AvgIpc) is 4.02. The minimum atomic E-state index is -4.02. The molecule has 4 heterocycles. The highest BCUT2D eigenvalue weighted by Crippen LogP contribution is 2.50. The predicted octanol–water partition coefficient (Wildman–Crippen LogP) is 5.71. The number of carbonyl (C=O) groups excluding carboxylic acids is 4. The molecule has 3 aromatic rings. The number of ether oxygens (including phenoxy) is 1. The first-order valence-electron chi connectivity index (χ1n) is 21.6. The Labute approximate surface area is 349 Å². The fourth-order valence-corrected chi connectivity index (χ4v) is 11.1. The van der Waals surface area contributed by atoms with Crippen LogP contribution in [0.4, 0.5) is 9.18 Å². The first-order valence-corrected chi connectivity index (χ1v) is 23.1. The molecule has 1 aromatic heterocycles. The second-order valence-corrected chi connectivity index (χ2v) is 20.3. The zero-order valence-corrected chi connectivity index (χ0v) is 34.8. The molecule has 2 aromatic carbocycles. The van der Waals surface area contributed by atoms with Crippen LogP contribution in [0.5, 0.6) is 5.75 Å². The van der Waals surface area contributed by atoms with Crippen molar-refractivity contribution in [2.24, 2.45) is 5.92 Å².